The van der Waals surface area contributed by atoms with Crippen LogP contribution in [0.1, 0.15) is 37.7 Å². The van der Waals surface area contributed by atoms with Gasteiger partial charge in [0.15, 0.2) is 0 Å². The van der Waals surface area contributed by atoms with Crippen molar-refractivity contribution in [1.29, 1.82) is 0 Å². The number of sulfonamides is 1. The van der Waals surface area contributed by atoms with Crippen LogP contribution >= 0.6 is 0 Å². The Morgan fingerprint density at radius 2 is 1.88 bits per heavy atom. The smallest absolute Gasteiger partial charge is 0.240 e. The number of likely N-dealkylation sites (tertiary alicyclic amines) is 1. The van der Waals surface area contributed by atoms with Crippen LogP contribution in [0.15, 0.2) is 24.3 Å². The van der Waals surface area contributed by atoms with Crippen molar-refractivity contribution < 1.29 is 13.2 Å². The Morgan fingerprint density at radius 3 is 2.50 bits per heavy atom. The second-order valence-electron chi connectivity index (χ2n) is 7.07. The molecule has 1 aliphatic rings. The van der Waals surface area contributed by atoms with Gasteiger partial charge in [-0.2, -0.15) is 0 Å². The molecule has 0 atom stereocenters. The van der Waals surface area contributed by atoms with Gasteiger partial charge in [-0.15, -0.1) is 0 Å². The molecule has 0 spiro atoms. The summed E-state index contributed by atoms with van der Waals surface area (Å²) in [5.74, 6) is -0.271. The first-order chi connectivity index (χ1) is 12.4. The van der Waals surface area contributed by atoms with E-state index in [9.17, 15) is 13.2 Å². The van der Waals surface area contributed by atoms with Crippen LogP contribution < -0.4 is 9.62 Å². The summed E-state index contributed by atoms with van der Waals surface area (Å²) in [7, 11) is -3.52. The van der Waals surface area contributed by atoms with E-state index in [1.165, 1.54) is 25.7 Å². The van der Waals surface area contributed by atoms with E-state index in [4.69, 9.17) is 0 Å². The van der Waals surface area contributed by atoms with Crippen LogP contribution in [0.3, 0.4) is 0 Å². The first-order valence-electron chi connectivity index (χ1n) is 9.40. The summed E-state index contributed by atoms with van der Waals surface area (Å²) in [5.41, 5.74) is 1.47. The van der Waals surface area contributed by atoms with E-state index < -0.39 is 10.0 Å². The molecule has 2 rings (SSSR count). The number of anilines is 1. The Labute approximate surface area is 157 Å². The van der Waals surface area contributed by atoms with Crippen molar-refractivity contribution in [2.75, 3.05) is 43.3 Å². The van der Waals surface area contributed by atoms with Crippen molar-refractivity contribution in [3.63, 3.8) is 0 Å². The lowest BCUT2D eigenvalue weighted by Gasteiger charge is -2.23. The number of rotatable bonds is 8. The van der Waals surface area contributed by atoms with Crippen molar-refractivity contribution in [2.45, 2.75) is 39.0 Å². The Bertz CT molecular complexity index is 683. The van der Waals surface area contributed by atoms with Gasteiger partial charge in [0.1, 0.15) is 6.54 Å². The highest BCUT2D eigenvalue weighted by Crippen LogP contribution is 2.18. The SMILES string of the molecule is Cc1cccc(N(CC(=O)NCCCN2CCCCCC2)S(C)(=O)=O)c1. The first kappa shape index (κ1) is 20.7. The molecule has 1 amide bonds. The van der Waals surface area contributed by atoms with Gasteiger partial charge in [0.2, 0.25) is 15.9 Å². The van der Waals surface area contributed by atoms with Crippen LogP contribution in [0.25, 0.3) is 0 Å². The molecule has 1 heterocycles. The number of carbonyl (C=O) groups excluding carboxylic acids is 1. The van der Waals surface area contributed by atoms with Crippen LogP contribution in [0.5, 0.6) is 0 Å². The number of nitrogens with zero attached hydrogens (tertiary/aromatic N) is 2. The summed E-state index contributed by atoms with van der Waals surface area (Å²) >= 11 is 0. The fraction of sp³-hybridized carbons (Fsp3) is 0.632. The highest BCUT2D eigenvalue weighted by molar-refractivity contribution is 7.92. The van der Waals surface area contributed by atoms with E-state index in [1.54, 1.807) is 18.2 Å². The standard InChI is InChI=1S/C19H31N3O3S/c1-17-9-7-10-18(15-17)22(26(2,24)25)16-19(23)20-11-8-14-21-12-5-3-4-6-13-21/h7,9-10,15H,3-6,8,11-14,16H2,1-2H3,(H,20,23). The molecule has 0 unspecified atom stereocenters. The van der Waals surface area contributed by atoms with E-state index in [0.717, 1.165) is 42.2 Å². The van der Waals surface area contributed by atoms with Gasteiger partial charge in [0.05, 0.1) is 11.9 Å². The molecule has 1 saturated heterocycles. The third-order valence-corrected chi connectivity index (χ3v) is 5.79. The van der Waals surface area contributed by atoms with E-state index in [1.807, 2.05) is 13.0 Å². The van der Waals surface area contributed by atoms with Gasteiger partial charge in [-0.05, 0) is 63.5 Å². The van der Waals surface area contributed by atoms with Crippen molar-refractivity contribution in [3.05, 3.63) is 29.8 Å². The molecular weight excluding hydrogens is 350 g/mol. The molecule has 1 fully saturated rings. The summed E-state index contributed by atoms with van der Waals surface area (Å²) < 4.78 is 25.3. The molecule has 1 N–H and O–H groups in total. The van der Waals surface area contributed by atoms with Crippen LogP contribution in [0, 0.1) is 6.92 Å². The fourth-order valence-electron chi connectivity index (χ4n) is 3.26. The summed E-state index contributed by atoms with van der Waals surface area (Å²) in [4.78, 5) is 14.7. The fourth-order valence-corrected chi connectivity index (χ4v) is 4.11. The molecule has 146 valence electrons. The minimum absolute atomic E-state index is 0.188. The maximum atomic E-state index is 12.2. The molecule has 1 aliphatic heterocycles. The van der Waals surface area contributed by atoms with Gasteiger partial charge < -0.3 is 10.2 Å². The molecule has 26 heavy (non-hydrogen) atoms. The summed E-state index contributed by atoms with van der Waals surface area (Å²) in [6.45, 7) is 5.54. The Hall–Kier alpha value is -1.60. The van der Waals surface area contributed by atoms with Crippen LogP contribution in [-0.4, -0.2) is 58.2 Å². The second kappa shape index (κ2) is 9.92. The number of aryl methyl sites for hydroxylation is 1. The average molecular weight is 382 g/mol. The second-order valence-corrected chi connectivity index (χ2v) is 8.97. The molecule has 0 aromatic heterocycles. The lowest BCUT2D eigenvalue weighted by molar-refractivity contribution is -0.119. The van der Waals surface area contributed by atoms with Crippen LogP contribution in [-0.2, 0) is 14.8 Å². The number of nitrogens with one attached hydrogen (secondary N) is 1. The lowest BCUT2D eigenvalue weighted by atomic mass is 10.2. The highest BCUT2D eigenvalue weighted by atomic mass is 32.2. The zero-order chi connectivity index (χ0) is 19.0. The molecule has 1 aromatic carbocycles. The first-order valence-corrected chi connectivity index (χ1v) is 11.2. The Kier molecular flexibility index (Phi) is 7.90. The molecule has 1 aromatic rings. The monoisotopic (exact) mass is 381 g/mol. The van der Waals surface area contributed by atoms with Gasteiger partial charge in [-0.25, -0.2) is 8.42 Å². The topological polar surface area (TPSA) is 69.7 Å². The highest BCUT2D eigenvalue weighted by Gasteiger charge is 2.20. The molecular formula is C19H31N3O3S. The number of hydrogen-bond donors (Lipinski definition) is 1. The van der Waals surface area contributed by atoms with Crippen molar-refractivity contribution >= 4 is 21.6 Å². The van der Waals surface area contributed by atoms with Gasteiger partial charge >= 0.3 is 0 Å². The third-order valence-electron chi connectivity index (χ3n) is 4.65. The van der Waals surface area contributed by atoms with Crippen molar-refractivity contribution in [3.8, 4) is 0 Å². The predicted molar refractivity (Wildman–Crippen MR) is 106 cm³/mol. The number of carbonyl (C=O) groups is 1. The van der Waals surface area contributed by atoms with E-state index in [-0.39, 0.29) is 12.5 Å². The minimum Gasteiger partial charge on any atom is -0.354 e. The van der Waals surface area contributed by atoms with E-state index >= 15 is 0 Å². The van der Waals surface area contributed by atoms with E-state index in [2.05, 4.69) is 10.2 Å². The number of amides is 1. The largest absolute Gasteiger partial charge is 0.354 e. The third kappa shape index (κ3) is 6.96. The Morgan fingerprint density at radius 1 is 1.19 bits per heavy atom. The van der Waals surface area contributed by atoms with Gasteiger partial charge in [0.25, 0.3) is 0 Å². The summed E-state index contributed by atoms with van der Waals surface area (Å²) in [6, 6.07) is 7.17. The number of benzene rings is 1. The van der Waals surface area contributed by atoms with Gasteiger partial charge in [-0.3, -0.25) is 9.10 Å². The van der Waals surface area contributed by atoms with Crippen LogP contribution in [0.4, 0.5) is 5.69 Å². The van der Waals surface area contributed by atoms with E-state index in [0.29, 0.717) is 12.2 Å². The quantitative estimate of drug-likeness (QED) is 0.701. The zero-order valence-corrected chi connectivity index (χ0v) is 16.7. The summed E-state index contributed by atoms with van der Waals surface area (Å²) in [5, 5.41) is 2.85. The number of hydrogen-bond acceptors (Lipinski definition) is 4. The predicted octanol–water partition coefficient (Wildman–Crippen LogP) is 2.14. The molecule has 0 aliphatic carbocycles. The molecule has 0 saturated carbocycles. The average Bonchev–Trinajstić information content (AvgIpc) is 2.84. The lowest BCUT2D eigenvalue weighted by Crippen LogP contribution is -2.41. The molecule has 6 nitrogen and oxygen atoms in total. The zero-order valence-electron chi connectivity index (χ0n) is 15.9. The van der Waals surface area contributed by atoms with Gasteiger partial charge in [-0.1, -0.05) is 25.0 Å². The Balaban J connectivity index is 1.82. The van der Waals surface area contributed by atoms with Gasteiger partial charge in [0, 0.05) is 6.54 Å². The molecule has 0 radical (unpaired) electrons. The minimum atomic E-state index is -3.52. The normalized spacial score (nSPS) is 16.1. The van der Waals surface area contributed by atoms with Crippen LogP contribution in [0.2, 0.25) is 0 Å². The maximum absolute atomic E-state index is 12.2. The maximum Gasteiger partial charge on any atom is 0.240 e. The molecule has 7 heteroatoms. The molecule has 0 bridgehead atoms. The van der Waals surface area contributed by atoms with Crippen molar-refractivity contribution in [2.24, 2.45) is 0 Å². The summed E-state index contributed by atoms with van der Waals surface area (Å²) in [6.07, 6.45) is 7.15. The van der Waals surface area contributed by atoms with Crippen molar-refractivity contribution in [1.82, 2.24) is 10.2 Å².